The van der Waals surface area contributed by atoms with Crippen molar-refractivity contribution in [2.75, 3.05) is 14.1 Å². The Labute approximate surface area is 108 Å². The number of rotatable bonds is 1. The van der Waals surface area contributed by atoms with Crippen LogP contribution in [0.4, 0.5) is 18.8 Å². The lowest BCUT2D eigenvalue weighted by molar-refractivity contribution is 0.0829. The summed E-state index contributed by atoms with van der Waals surface area (Å²) < 4.78 is 0. The number of nitrogens with one attached hydrogen (secondary N) is 1. The first kappa shape index (κ1) is 25.7. The topological polar surface area (TPSA) is 61.9 Å². The minimum absolute atomic E-state index is 0. The molecule has 0 saturated carbocycles. The maximum atomic E-state index is 11.7. The van der Waals surface area contributed by atoms with E-state index in [-0.39, 0.29) is 33.1 Å². The van der Waals surface area contributed by atoms with Crippen LogP contribution in [-0.4, -0.2) is 48.7 Å². The Morgan fingerprint density at radius 3 is 2.26 bits per heavy atom. The second kappa shape index (κ2) is 9.86. The highest BCUT2D eigenvalue weighted by Crippen LogP contribution is 2.14. The fourth-order valence-electron chi connectivity index (χ4n) is 1.28. The van der Waals surface area contributed by atoms with Crippen molar-refractivity contribution in [3.8, 4) is 0 Å². The van der Waals surface area contributed by atoms with E-state index in [1.165, 1.54) is 4.90 Å². The summed E-state index contributed by atoms with van der Waals surface area (Å²) in [7, 11) is 3.42. The summed E-state index contributed by atoms with van der Waals surface area (Å²) in [5, 5.41) is 10.2. The molecule has 2 rings (SSSR count). The van der Waals surface area contributed by atoms with Crippen molar-refractivity contribution in [1.82, 2.24) is 20.3 Å². The number of aromatic amines is 1. The summed E-state index contributed by atoms with van der Waals surface area (Å²) in [5.41, 5.74) is 1.96. The molecule has 1 aromatic carbocycles. The third-order valence-electron chi connectivity index (χ3n) is 1.99. The molecule has 0 aliphatic rings. The lowest BCUT2D eigenvalue weighted by Gasteiger charge is -2.09. The number of halogens is 4. The van der Waals surface area contributed by atoms with Crippen LogP contribution in [0.3, 0.4) is 0 Å². The van der Waals surface area contributed by atoms with Gasteiger partial charge in [0.05, 0.1) is 19.5 Å². The van der Waals surface area contributed by atoms with Crippen LogP contribution in [0, 0.1) is 0 Å². The zero-order valence-electron chi connectivity index (χ0n) is 9.61. The highest BCUT2D eigenvalue weighted by molar-refractivity contribution is 6.04. The van der Waals surface area contributed by atoms with Crippen LogP contribution in [-0.2, 0) is 0 Å². The van der Waals surface area contributed by atoms with E-state index in [0.29, 0.717) is 11.1 Å². The number of fused-ring (bicyclic) bond motifs is 1. The van der Waals surface area contributed by atoms with Gasteiger partial charge in [-0.05, 0) is 12.1 Å². The lowest BCUT2D eigenvalue weighted by Crippen LogP contribution is -2.21. The molecular formula is C9H17BF4N4O. The fourth-order valence-corrected chi connectivity index (χ4v) is 1.28. The van der Waals surface area contributed by atoms with Gasteiger partial charge in [0.25, 0.3) is 5.91 Å². The van der Waals surface area contributed by atoms with Crippen LogP contribution in [0.5, 0.6) is 0 Å². The molecule has 1 heterocycles. The van der Waals surface area contributed by atoms with Crippen LogP contribution < -0.4 is 0 Å². The second-order valence-corrected chi connectivity index (χ2v) is 3.21. The molecule has 0 atom stereocenters. The van der Waals surface area contributed by atoms with Gasteiger partial charge in [0.2, 0.25) is 0 Å². The van der Waals surface area contributed by atoms with Crippen molar-refractivity contribution in [3.05, 3.63) is 23.8 Å². The molecule has 0 spiro atoms. The highest BCUT2D eigenvalue weighted by Gasteiger charge is 2.13. The lowest BCUT2D eigenvalue weighted by atomic mass is 10.1. The number of H-pyrrole nitrogens is 1. The van der Waals surface area contributed by atoms with Gasteiger partial charge in [0, 0.05) is 14.1 Å². The Morgan fingerprint density at radius 2 is 1.74 bits per heavy atom. The number of carbonyl (C=O) groups excluding carboxylic acids is 1. The van der Waals surface area contributed by atoms with Gasteiger partial charge in [0.1, 0.15) is 5.52 Å². The molecule has 0 aliphatic carbocycles. The number of hydrogen-bond acceptors (Lipinski definition) is 3. The predicted molar refractivity (Wildman–Crippen MR) is 71.9 cm³/mol. The average molecular weight is 284 g/mol. The number of carbonyl (C=O) groups is 1. The van der Waals surface area contributed by atoms with Crippen molar-refractivity contribution in [3.63, 3.8) is 0 Å². The van der Waals surface area contributed by atoms with Gasteiger partial charge < -0.3 is 4.90 Å². The SMILES string of the molecule is B.CN(C)C(=O)c1cccc2[nH]nnc12.F.F.F.F. The van der Waals surface area contributed by atoms with Crippen molar-refractivity contribution >= 4 is 25.4 Å². The number of nitrogens with zero attached hydrogens (tertiary/aromatic N) is 3. The molecule has 1 amide bonds. The van der Waals surface area contributed by atoms with E-state index in [1.807, 2.05) is 6.07 Å². The van der Waals surface area contributed by atoms with Crippen molar-refractivity contribution in [2.45, 2.75) is 0 Å². The summed E-state index contributed by atoms with van der Waals surface area (Å²) in [4.78, 5) is 13.2. The normalized spacial score (nSPS) is 7.68. The van der Waals surface area contributed by atoms with Crippen molar-refractivity contribution in [1.29, 1.82) is 0 Å². The summed E-state index contributed by atoms with van der Waals surface area (Å²) in [6, 6.07) is 5.38. The molecular weight excluding hydrogens is 267 g/mol. The van der Waals surface area contributed by atoms with Gasteiger partial charge in [0.15, 0.2) is 0 Å². The van der Waals surface area contributed by atoms with Gasteiger partial charge in [-0.2, -0.15) is 0 Å². The van der Waals surface area contributed by atoms with E-state index in [0.717, 1.165) is 5.52 Å². The number of benzene rings is 1. The third kappa shape index (κ3) is 4.56. The molecule has 2 aromatic rings. The quantitative estimate of drug-likeness (QED) is 0.596. The maximum absolute atomic E-state index is 11.7. The Balaban J connectivity index is -0.000000225. The first-order valence-corrected chi connectivity index (χ1v) is 4.21. The van der Waals surface area contributed by atoms with Crippen LogP contribution >= 0.6 is 0 Å². The first-order valence-electron chi connectivity index (χ1n) is 4.21. The van der Waals surface area contributed by atoms with Crippen LogP contribution in [0.2, 0.25) is 0 Å². The van der Waals surface area contributed by atoms with E-state index >= 15 is 0 Å². The summed E-state index contributed by atoms with van der Waals surface area (Å²) in [6.07, 6.45) is 0. The molecule has 0 radical (unpaired) electrons. The Kier molecular flexibility index (Phi) is 13.3. The smallest absolute Gasteiger partial charge is 0.255 e. The average Bonchev–Trinajstić information content (AvgIpc) is 2.63. The van der Waals surface area contributed by atoms with E-state index in [4.69, 9.17) is 0 Å². The molecule has 0 unspecified atom stereocenters. The molecule has 1 aromatic heterocycles. The zero-order valence-corrected chi connectivity index (χ0v) is 9.61. The highest BCUT2D eigenvalue weighted by atomic mass is 19.0. The molecule has 19 heavy (non-hydrogen) atoms. The van der Waals surface area contributed by atoms with E-state index in [2.05, 4.69) is 15.4 Å². The maximum Gasteiger partial charge on any atom is 0.255 e. The minimum Gasteiger partial charge on any atom is -0.345 e. The molecule has 0 aliphatic heterocycles. The van der Waals surface area contributed by atoms with Crippen molar-refractivity contribution < 1.29 is 23.6 Å². The van der Waals surface area contributed by atoms with Gasteiger partial charge in [-0.15, -0.1) is 5.10 Å². The van der Waals surface area contributed by atoms with E-state index in [9.17, 15) is 4.79 Å². The Morgan fingerprint density at radius 1 is 1.16 bits per heavy atom. The van der Waals surface area contributed by atoms with Gasteiger partial charge in [-0.3, -0.25) is 28.7 Å². The molecule has 110 valence electrons. The number of aromatic nitrogens is 3. The number of hydrogen-bond donors (Lipinski definition) is 1. The standard InChI is InChI=1S/C9H10N4O.BH3.4FH/c1-13(2)9(14)6-4-3-5-7-8(6)11-12-10-7;;;;;/h3-5H,1-2H3,(H,10,11,12);1H3;4*1H. The van der Waals surface area contributed by atoms with Crippen molar-refractivity contribution in [2.24, 2.45) is 0 Å². The molecule has 1 N–H and O–H groups in total. The van der Waals surface area contributed by atoms with Gasteiger partial charge in [-0.1, -0.05) is 11.3 Å². The largest absolute Gasteiger partial charge is 0.345 e. The summed E-state index contributed by atoms with van der Waals surface area (Å²) in [5.74, 6) is -0.0653. The van der Waals surface area contributed by atoms with E-state index in [1.54, 1.807) is 26.2 Å². The van der Waals surface area contributed by atoms with Crippen LogP contribution in [0.1, 0.15) is 10.4 Å². The van der Waals surface area contributed by atoms with Crippen LogP contribution in [0.15, 0.2) is 18.2 Å². The third-order valence-corrected chi connectivity index (χ3v) is 1.99. The fraction of sp³-hybridized carbons (Fsp3) is 0.222. The predicted octanol–water partition coefficient (Wildman–Crippen LogP) is 0.0858. The molecule has 0 bridgehead atoms. The molecule has 0 fully saturated rings. The molecule has 5 nitrogen and oxygen atoms in total. The van der Waals surface area contributed by atoms with E-state index < -0.39 is 0 Å². The Bertz CT molecular complexity index is 494. The minimum atomic E-state index is -0.0653. The summed E-state index contributed by atoms with van der Waals surface area (Å²) in [6.45, 7) is 0. The number of amides is 1. The zero-order chi connectivity index (χ0) is 10.1. The van der Waals surface area contributed by atoms with Gasteiger partial charge >= 0.3 is 0 Å². The monoisotopic (exact) mass is 284 g/mol. The first-order chi connectivity index (χ1) is 6.70. The second-order valence-electron chi connectivity index (χ2n) is 3.21. The van der Waals surface area contributed by atoms with Gasteiger partial charge in [-0.25, -0.2) is 0 Å². The summed E-state index contributed by atoms with van der Waals surface area (Å²) >= 11 is 0. The molecule has 10 heteroatoms. The Hall–Kier alpha value is -2.13. The van der Waals surface area contributed by atoms with Crippen LogP contribution in [0.25, 0.3) is 11.0 Å². The molecule has 0 saturated heterocycles.